The summed E-state index contributed by atoms with van der Waals surface area (Å²) in [5, 5.41) is 0. The van der Waals surface area contributed by atoms with Gasteiger partial charge in [-0.2, -0.15) is 0 Å². The van der Waals surface area contributed by atoms with Crippen LogP contribution in [-0.4, -0.2) is 0 Å². The molecule has 0 nitrogen and oxygen atoms in total. The van der Waals surface area contributed by atoms with Crippen LogP contribution in [0.3, 0.4) is 0 Å². The smallest absolute Gasteiger partial charge is 0.0191 e. The fourth-order valence-electron chi connectivity index (χ4n) is 4.75. The summed E-state index contributed by atoms with van der Waals surface area (Å²) in [6.07, 6.45) is 16.4. The molecule has 0 aromatic carbocycles. The van der Waals surface area contributed by atoms with Crippen LogP contribution < -0.4 is 0 Å². The van der Waals surface area contributed by atoms with Crippen LogP contribution in [0.1, 0.15) is 38.5 Å². The second kappa shape index (κ2) is 2.99. The summed E-state index contributed by atoms with van der Waals surface area (Å²) in [4.78, 5) is 0. The number of fused-ring (bicyclic) bond motifs is 1. The van der Waals surface area contributed by atoms with E-state index in [0.717, 1.165) is 29.6 Å². The summed E-state index contributed by atoms with van der Waals surface area (Å²) in [5.41, 5.74) is 1.80. The standard InChI is InChI=1S/C15H20/c1-2-12-4-5-13-8-10-6-11(7-10)9-15(13)14(12)3-1/h1-2,6,11-15H,3-5,7-9H2. The first-order chi connectivity index (χ1) is 7.40. The van der Waals surface area contributed by atoms with Crippen molar-refractivity contribution in [1.82, 2.24) is 0 Å². The second-order valence-electron chi connectivity index (χ2n) is 6.22. The van der Waals surface area contributed by atoms with Gasteiger partial charge in [-0.05, 0) is 68.1 Å². The van der Waals surface area contributed by atoms with Crippen LogP contribution in [0.15, 0.2) is 23.8 Å². The highest BCUT2D eigenvalue weighted by atomic mass is 14.5. The molecule has 15 heavy (non-hydrogen) atoms. The first-order valence-corrected chi connectivity index (χ1v) is 6.76. The molecule has 0 N–H and O–H groups in total. The van der Waals surface area contributed by atoms with Gasteiger partial charge in [0.15, 0.2) is 0 Å². The molecule has 5 aliphatic carbocycles. The Labute approximate surface area is 92.4 Å². The number of rotatable bonds is 0. The molecule has 0 heterocycles. The predicted molar refractivity (Wildman–Crippen MR) is 62.4 cm³/mol. The van der Waals surface area contributed by atoms with Crippen LogP contribution in [-0.2, 0) is 0 Å². The summed E-state index contributed by atoms with van der Waals surface area (Å²) in [6.45, 7) is 0. The van der Waals surface area contributed by atoms with E-state index in [1.165, 1.54) is 38.5 Å². The monoisotopic (exact) mass is 200 g/mol. The molecule has 2 bridgehead atoms. The quantitative estimate of drug-likeness (QED) is 0.519. The lowest BCUT2D eigenvalue weighted by atomic mass is 9.65. The molecule has 0 aromatic rings. The van der Waals surface area contributed by atoms with Crippen LogP contribution >= 0.6 is 0 Å². The average Bonchev–Trinajstić information content (AvgIpc) is 2.49. The molecule has 0 radical (unpaired) electrons. The minimum atomic E-state index is 0.964. The van der Waals surface area contributed by atoms with E-state index < -0.39 is 0 Å². The van der Waals surface area contributed by atoms with Crippen LogP contribution in [0.4, 0.5) is 0 Å². The van der Waals surface area contributed by atoms with Gasteiger partial charge >= 0.3 is 0 Å². The van der Waals surface area contributed by atoms with Crippen molar-refractivity contribution in [3.8, 4) is 0 Å². The van der Waals surface area contributed by atoms with Crippen molar-refractivity contribution in [1.29, 1.82) is 0 Å². The molecule has 0 saturated heterocycles. The van der Waals surface area contributed by atoms with E-state index in [0.29, 0.717) is 0 Å². The van der Waals surface area contributed by atoms with Crippen LogP contribution in [0, 0.1) is 29.6 Å². The average molecular weight is 200 g/mol. The molecule has 5 aliphatic rings. The highest BCUT2D eigenvalue weighted by Gasteiger charge is 2.43. The molecule has 0 heteroatoms. The molecule has 2 saturated carbocycles. The fraction of sp³-hybridized carbons (Fsp3) is 0.733. The largest absolute Gasteiger partial charge is 0.0879 e. The van der Waals surface area contributed by atoms with E-state index in [2.05, 4.69) is 18.2 Å². The van der Waals surface area contributed by atoms with Crippen molar-refractivity contribution in [2.24, 2.45) is 29.6 Å². The lowest BCUT2D eigenvalue weighted by Gasteiger charge is -2.39. The van der Waals surface area contributed by atoms with Gasteiger partial charge in [0.1, 0.15) is 0 Å². The van der Waals surface area contributed by atoms with Gasteiger partial charge in [0.25, 0.3) is 0 Å². The number of hydrogen-bond acceptors (Lipinski definition) is 0. The Morgan fingerprint density at radius 2 is 2.00 bits per heavy atom. The minimum absolute atomic E-state index is 0.964. The summed E-state index contributed by atoms with van der Waals surface area (Å²) in [7, 11) is 0. The summed E-state index contributed by atoms with van der Waals surface area (Å²) in [5.74, 6) is 5.11. The van der Waals surface area contributed by atoms with Gasteiger partial charge in [0, 0.05) is 0 Å². The molecule has 0 aromatic heterocycles. The number of hydrogen-bond donors (Lipinski definition) is 0. The fourth-order valence-corrected chi connectivity index (χ4v) is 4.75. The highest BCUT2D eigenvalue weighted by molar-refractivity contribution is 5.22. The van der Waals surface area contributed by atoms with Gasteiger partial charge in [0.05, 0.1) is 0 Å². The predicted octanol–water partition coefficient (Wildman–Crippen LogP) is 3.95. The SMILES string of the molecule is C1=CC2CCC3CC4=CC(C4)CC3C2C1. The van der Waals surface area contributed by atoms with Gasteiger partial charge < -0.3 is 0 Å². The van der Waals surface area contributed by atoms with Gasteiger partial charge in [-0.25, -0.2) is 0 Å². The zero-order valence-electron chi connectivity index (χ0n) is 9.36. The first kappa shape index (κ1) is 8.61. The van der Waals surface area contributed by atoms with E-state index in [4.69, 9.17) is 0 Å². The maximum absolute atomic E-state index is 2.59. The Bertz CT molecular complexity index is 336. The van der Waals surface area contributed by atoms with E-state index in [1.807, 2.05) is 0 Å². The number of allylic oxidation sites excluding steroid dienone is 4. The van der Waals surface area contributed by atoms with Crippen molar-refractivity contribution in [3.05, 3.63) is 23.8 Å². The van der Waals surface area contributed by atoms with E-state index in [9.17, 15) is 0 Å². The molecule has 5 rings (SSSR count). The Morgan fingerprint density at radius 3 is 2.93 bits per heavy atom. The lowest BCUT2D eigenvalue weighted by molar-refractivity contribution is 0.116. The normalized spacial score (nSPS) is 51.2. The van der Waals surface area contributed by atoms with Gasteiger partial charge in [-0.1, -0.05) is 23.8 Å². The molecule has 5 unspecified atom stereocenters. The van der Waals surface area contributed by atoms with Crippen LogP contribution in [0.5, 0.6) is 0 Å². The summed E-state index contributed by atoms with van der Waals surface area (Å²) in [6, 6.07) is 0. The van der Waals surface area contributed by atoms with Crippen molar-refractivity contribution in [3.63, 3.8) is 0 Å². The Morgan fingerprint density at radius 1 is 1.07 bits per heavy atom. The minimum Gasteiger partial charge on any atom is -0.0879 e. The Kier molecular flexibility index (Phi) is 1.72. The third-order valence-electron chi connectivity index (χ3n) is 5.46. The Hall–Kier alpha value is -0.520. The first-order valence-electron chi connectivity index (χ1n) is 6.76. The van der Waals surface area contributed by atoms with E-state index >= 15 is 0 Å². The van der Waals surface area contributed by atoms with Crippen molar-refractivity contribution >= 4 is 0 Å². The second-order valence-corrected chi connectivity index (χ2v) is 6.22. The Balaban J connectivity index is 1.63. The third-order valence-corrected chi connectivity index (χ3v) is 5.46. The van der Waals surface area contributed by atoms with Crippen LogP contribution in [0.25, 0.3) is 0 Å². The van der Waals surface area contributed by atoms with E-state index in [1.54, 1.807) is 5.57 Å². The van der Waals surface area contributed by atoms with Crippen molar-refractivity contribution in [2.75, 3.05) is 0 Å². The van der Waals surface area contributed by atoms with Crippen LogP contribution in [0.2, 0.25) is 0 Å². The highest BCUT2D eigenvalue weighted by Crippen LogP contribution is 2.54. The summed E-state index contributed by atoms with van der Waals surface area (Å²) < 4.78 is 0. The molecule has 2 fully saturated rings. The van der Waals surface area contributed by atoms with Gasteiger partial charge in [-0.15, -0.1) is 0 Å². The zero-order valence-corrected chi connectivity index (χ0v) is 9.36. The third kappa shape index (κ3) is 1.20. The van der Waals surface area contributed by atoms with Crippen molar-refractivity contribution in [2.45, 2.75) is 38.5 Å². The maximum Gasteiger partial charge on any atom is -0.0191 e. The molecule has 0 aliphatic heterocycles. The van der Waals surface area contributed by atoms with Crippen molar-refractivity contribution < 1.29 is 0 Å². The van der Waals surface area contributed by atoms with Gasteiger partial charge in [-0.3, -0.25) is 0 Å². The summed E-state index contributed by atoms with van der Waals surface area (Å²) >= 11 is 0. The van der Waals surface area contributed by atoms with E-state index in [-0.39, 0.29) is 0 Å². The van der Waals surface area contributed by atoms with Gasteiger partial charge in [0.2, 0.25) is 0 Å². The topological polar surface area (TPSA) is 0 Å². The molecule has 0 spiro atoms. The zero-order chi connectivity index (χ0) is 9.83. The molecular formula is C15H20. The molecule has 0 amide bonds. The molecular weight excluding hydrogens is 180 g/mol. The molecule has 80 valence electrons. The lowest BCUT2D eigenvalue weighted by Crippen LogP contribution is -2.31. The molecule has 5 atom stereocenters. The maximum atomic E-state index is 2.59.